The molecule has 2 rings (SSSR count). The second-order valence-electron chi connectivity index (χ2n) is 6.26. The number of amides is 3. The number of urea groups is 1. The van der Waals surface area contributed by atoms with Crippen LogP contribution in [0, 0.1) is 6.92 Å². The number of methoxy groups -OCH3 is 1. The quantitative estimate of drug-likeness (QED) is 0.747. The van der Waals surface area contributed by atoms with Crippen molar-refractivity contribution < 1.29 is 14.3 Å². The molecule has 3 amide bonds. The smallest absolute Gasteiger partial charge is 0.315 e. The van der Waals surface area contributed by atoms with Crippen molar-refractivity contribution in [2.75, 3.05) is 13.7 Å². The molecular weight excluding hydrogens is 306 g/mol. The monoisotopic (exact) mass is 333 g/mol. The van der Waals surface area contributed by atoms with Crippen LogP contribution in [0.3, 0.4) is 0 Å². The van der Waals surface area contributed by atoms with Gasteiger partial charge in [-0.2, -0.15) is 0 Å². The number of benzene rings is 1. The van der Waals surface area contributed by atoms with E-state index < -0.39 is 5.54 Å². The van der Waals surface area contributed by atoms with Gasteiger partial charge in [0.15, 0.2) is 0 Å². The molecule has 24 heavy (non-hydrogen) atoms. The van der Waals surface area contributed by atoms with Crippen molar-refractivity contribution >= 4 is 11.9 Å². The highest BCUT2D eigenvalue weighted by Gasteiger charge is 2.42. The molecule has 1 aliphatic rings. The first-order chi connectivity index (χ1) is 11.5. The van der Waals surface area contributed by atoms with E-state index in [1.807, 2.05) is 32.0 Å². The van der Waals surface area contributed by atoms with E-state index in [9.17, 15) is 9.59 Å². The van der Waals surface area contributed by atoms with E-state index in [0.717, 1.165) is 29.7 Å². The molecule has 0 bridgehead atoms. The van der Waals surface area contributed by atoms with Gasteiger partial charge < -0.3 is 20.7 Å². The zero-order valence-corrected chi connectivity index (χ0v) is 14.7. The third-order valence-corrected chi connectivity index (χ3v) is 4.51. The van der Waals surface area contributed by atoms with E-state index in [2.05, 4.69) is 16.0 Å². The van der Waals surface area contributed by atoms with Crippen LogP contribution in [-0.4, -0.2) is 31.1 Å². The van der Waals surface area contributed by atoms with Crippen molar-refractivity contribution in [3.63, 3.8) is 0 Å². The van der Waals surface area contributed by atoms with Gasteiger partial charge in [0.2, 0.25) is 5.91 Å². The van der Waals surface area contributed by atoms with E-state index in [4.69, 9.17) is 4.74 Å². The summed E-state index contributed by atoms with van der Waals surface area (Å²) in [5.74, 6) is 0.684. The number of carbonyl (C=O) groups is 2. The molecule has 0 heterocycles. The number of ether oxygens (including phenoxy) is 1. The molecular formula is C18H27N3O3. The highest BCUT2D eigenvalue weighted by molar-refractivity contribution is 5.91. The van der Waals surface area contributed by atoms with Crippen LogP contribution in [0.4, 0.5) is 4.79 Å². The molecule has 1 aliphatic carbocycles. The first-order valence-electron chi connectivity index (χ1n) is 8.48. The summed E-state index contributed by atoms with van der Waals surface area (Å²) in [5.41, 5.74) is 1.23. The largest absolute Gasteiger partial charge is 0.496 e. The summed E-state index contributed by atoms with van der Waals surface area (Å²) in [6.45, 7) is 4.78. The molecule has 0 saturated heterocycles. The molecule has 0 radical (unpaired) electrons. The lowest BCUT2D eigenvalue weighted by Gasteiger charge is -2.29. The van der Waals surface area contributed by atoms with Crippen molar-refractivity contribution in [1.29, 1.82) is 0 Å². The predicted molar refractivity (Wildman–Crippen MR) is 93.0 cm³/mol. The van der Waals surface area contributed by atoms with E-state index in [0.29, 0.717) is 25.9 Å². The molecule has 1 aromatic carbocycles. The Hall–Kier alpha value is -2.24. The first kappa shape index (κ1) is 18.1. The molecule has 1 aromatic rings. The lowest BCUT2D eigenvalue weighted by atomic mass is 9.96. The van der Waals surface area contributed by atoms with Crippen LogP contribution in [0.15, 0.2) is 18.2 Å². The summed E-state index contributed by atoms with van der Waals surface area (Å²) < 4.78 is 5.31. The Morgan fingerprint density at radius 2 is 1.92 bits per heavy atom. The number of carbonyl (C=O) groups excluding carboxylic acids is 2. The van der Waals surface area contributed by atoms with Crippen LogP contribution in [0.2, 0.25) is 0 Å². The molecule has 6 nitrogen and oxygen atoms in total. The molecule has 0 aromatic heterocycles. The molecule has 0 spiro atoms. The van der Waals surface area contributed by atoms with Gasteiger partial charge in [-0.25, -0.2) is 4.79 Å². The molecule has 0 atom stereocenters. The van der Waals surface area contributed by atoms with Crippen molar-refractivity contribution in [2.24, 2.45) is 0 Å². The Kier molecular flexibility index (Phi) is 6.06. The van der Waals surface area contributed by atoms with Crippen molar-refractivity contribution in [3.05, 3.63) is 29.3 Å². The average Bonchev–Trinajstić information content (AvgIpc) is 3.03. The van der Waals surface area contributed by atoms with Gasteiger partial charge in [0.05, 0.1) is 7.11 Å². The third kappa shape index (κ3) is 4.19. The molecule has 0 unspecified atom stereocenters. The SMILES string of the molecule is CCNC(=O)NC1(C(=O)NCc2ccc(C)c(OC)c2)CCCC1. The Balaban J connectivity index is 2.02. The van der Waals surface area contributed by atoms with Gasteiger partial charge in [0.25, 0.3) is 0 Å². The lowest BCUT2D eigenvalue weighted by molar-refractivity contribution is -0.127. The minimum Gasteiger partial charge on any atom is -0.496 e. The van der Waals surface area contributed by atoms with Gasteiger partial charge in [0.1, 0.15) is 11.3 Å². The molecule has 1 saturated carbocycles. The maximum atomic E-state index is 12.7. The molecule has 1 fully saturated rings. The maximum Gasteiger partial charge on any atom is 0.315 e. The minimum atomic E-state index is -0.798. The number of aryl methyl sites for hydroxylation is 1. The summed E-state index contributed by atoms with van der Waals surface area (Å²) in [4.78, 5) is 24.6. The number of hydrogen-bond donors (Lipinski definition) is 3. The van der Waals surface area contributed by atoms with Crippen molar-refractivity contribution in [2.45, 2.75) is 51.6 Å². The van der Waals surface area contributed by atoms with Crippen molar-refractivity contribution in [1.82, 2.24) is 16.0 Å². The molecule has 0 aliphatic heterocycles. The average molecular weight is 333 g/mol. The van der Waals surface area contributed by atoms with Crippen LogP contribution in [0.25, 0.3) is 0 Å². The van der Waals surface area contributed by atoms with Gasteiger partial charge in [0, 0.05) is 13.1 Å². The summed E-state index contributed by atoms with van der Waals surface area (Å²) in [6.07, 6.45) is 3.23. The van der Waals surface area contributed by atoms with Crippen LogP contribution in [0.1, 0.15) is 43.7 Å². The first-order valence-corrected chi connectivity index (χ1v) is 8.48. The standard InChI is InChI=1S/C18H27N3O3/c1-4-19-17(23)21-18(9-5-6-10-18)16(22)20-12-14-8-7-13(2)15(11-14)24-3/h7-8,11H,4-6,9-10,12H2,1-3H3,(H,20,22)(H2,19,21,23). The number of rotatable bonds is 6. The molecule has 132 valence electrons. The normalized spacial score (nSPS) is 15.6. The number of nitrogens with one attached hydrogen (secondary N) is 3. The van der Waals surface area contributed by atoms with E-state index in [1.54, 1.807) is 7.11 Å². The van der Waals surface area contributed by atoms with Gasteiger partial charge in [-0.05, 0) is 43.9 Å². The van der Waals surface area contributed by atoms with E-state index >= 15 is 0 Å². The van der Waals surface area contributed by atoms with Crippen LogP contribution in [-0.2, 0) is 11.3 Å². The highest BCUT2D eigenvalue weighted by atomic mass is 16.5. The number of hydrogen-bond acceptors (Lipinski definition) is 3. The van der Waals surface area contributed by atoms with Crippen LogP contribution in [0.5, 0.6) is 5.75 Å². The van der Waals surface area contributed by atoms with Gasteiger partial charge in [-0.3, -0.25) is 4.79 Å². The highest BCUT2D eigenvalue weighted by Crippen LogP contribution is 2.30. The Labute approximate surface area is 143 Å². The fourth-order valence-electron chi connectivity index (χ4n) is 3.14. The zero-order chi connectivity index (χ0) is 17.6. The van der Waals surface area contributed by atoms with Gasteiger partial charge >= 0.3 is 6.03 Å². The summed E-state index contributed by atoms with van der Waals surface area (Å²) >= 11 is 0. The van der Waals surface area contributed by atoms with Gasteiger partial charge in [-0.1, -0.05) is 25.0 Å². The fraction of sp³-hybridized carbons (Fsp3) is 0.556. The topological polar surface area (TPSA) is 79.5 Å². The summed E-state index contributed by atoms with van der Waals surface area (Å²) in [7, 11) is 1.63. The second kappa shape index (κ2) is 8.04. The summed E-state index contributed by atoms with van der Waals surface area (Å²) in [5, 5.41) is 8.54. The van der Waals surface area contributed by atoms with Gasteiger partial charge in [-0.15, -0.1) is 0 Å². The zero-order valence-electron chi connectivity index (χ0n) is 14.7. The molecule has 6 heteroatoms. The predicted octanol–water partition coefficient (Wildman–Crippen LogP) is 2.25. The lowest BCUT2D eigenvalue weighted by Crippen LogP contribution is -2.59. The Morgan fingerprint density at radius 1 is 1.21 bits per heavy atom. The fourth-order valence-corrected chi connectivity index (χ4v) is 3.14. The Morgan fingerprint density at radius 3 is 2.54 bits per heavy atom. The third-order valence-electron chi connectivity index (χ3n) is 4.51. The van der Waals surface area contributed by atoms with Crippen LogP contribution >= 0.6 is 0 Å². The molecule has 3 N–H and O–H groups in total. The second-order valence-corrected chi connectivity index (χ2v) is 6.26. The summed E-state index contributed by atoms with van der Waals surface area (Å²) in [6, 6.07) is 5.58. The Bertz CT molecular complexity index is 595. The van der Waals surface area contributed by atoms with Crippen molar-refractivity contribution in [3.8, 4) is 5.75 Å². The van der Waals surface area contributed by atoms with E-state index in [1.165, 1.54) is 0 Å². The minimum absolute atomic E-state index is 0.120. The van der Waals surface area contributed by atoms with Crippen LogP contribution < -0.4 is 20.7 Å². The maximum absolute atomic E-state index is 12.7. The van der Waals surface area contributed by atoms with E-state index in [-0.39, 0.29) is 11.9 Å².